The fraction of sp³-hybridized carbons (Fsp3) is 0.400. The van der Waals surface area contributed by atoms with Gasteiger partial charge in [0.05, 0.1) is 30.7 Å². The van der Waals surface area contributed by atoms with Crippen molar-refractivity contribution in [3.63, 3.8) is 0 Å². The first-order valence-corrected chi connectivity index (χ1v) is 6.90. The lowest BCUT2D eigenvalue weighted by molar-refractivity contribution is -0.0554. The smallest absolute Gasteiger partial charge is 0.0933 e. The van der Waals surface area contributed by atoms with Crippen molar-refractivity contribution in [1.82, 2.24) is 14.7 Å². The molecule has 5 nitrogen and oxygen atoms in total. The van der Waals surface area contributed by atoms with Crippen molar-refractivity contribution in [2.24, 2.45) is 0 Å². The summed E-state index contributed by atoms with van der Waals surface area (Å²) < 4.78 is 7.34. The molecule has 20 heavy (non-hydrogen) atoms. The Bertz CT molecular complexity index is 541. The minimum absolute atomic E-state index is 0.0695. The van der Waals surface area contributed by atoms with Crippen LogP contribution >= 0.6 is 0 Å². The van der Waals surface area contributed by atoms with Crippen LogP contribution < -0.4 is 0 Å². The lowest BCUT2D eigenvalue weighted by atomic mass is 10.2. The number of morpholine rings is 1. The van der Waals surface area contributed by atoms with Gasteiger partial charge in [-0.1, -0.05) is 18.2 Å². The number of rotatable bonds is 4. The van der Waals surface area contributed by atoms with E-state index in [9.17, 15) is 0 Å². The normalized spacial score (nSPS) is 20.1. The van der Waals surface area contributed by atoms with Crippen LogP contribution in [0.4, 0.5) is 0 Å². The summed E-state index contributed by atoms with van der Waals surface area (Å²) in [7, 11) is 0. The standard InChI is InChI=1S/C15H19N3O2/c19-12-15-11-17(8-9-20-15)10-13-6-7-18(16-13)14-4-2-1-3-5-14/h1-7,15,19H,8-12H2. The molecule has 0 radical (unpaired) electrons. The van der Waals surface area contributed by atoms with Gasteiger partial charge >= 0.3 is 0 Å². The monoisotopic (exact) mass is 273 g/mol. The third kappa shape index (κ3) is 3.07. The van der Waals surface area contributed by atoms with Crippen LogP contribution in [0.3, 0.4) is 0 Å². The molecule has 5 heteroatoms. The third-order valence-electron chi connectivity index (χ3n) is 3.48. The first-order valence-electron chi connectivity index (χ1n) is 6.90. The maximum atomic E-state index is 9.16. The SMILES string of the molecule is OCC1CN(Cc2ccn(-c3ccccc3)n2)CCO1. The molecule has 1 atom stereocenters. The molecular weight excluding hydrogens is 254 g/mol. The maximum absolute atomic E-state index is 9.16. The second-order valence-corrected chi connectivity index (χ2v) is 5.00. The van der Waals surface area contributed by atoms with Crippen molar-refractivity contribution in [3.8, 4) is 5.69 Å². The van der Waals surface area contributed by atoms with Gasteiger partial charge in [-0.2, -0.15) is 5.10 Å². The van der Waals surface area contributed by atoms with Gasteiger partial charge in [0.15, 0.2) is 0 Å². The van der Waals surface area contributed by atoms with Crippen LogP contribution in [0.2, 0.25) is 0 Å². The molecule has 106 valence electrons. The molecule has 3 rings (SSSR count). The molecule has 1 aliphatic rings. The Hall–Kier alpha value is -1.69. The van der Waals surface area contributed by atoms with E-state index in [2.05, 4.69) is 10.00 Å². The highest BCUT2D eigenvalue weighted by Gasteiger charge is 2.20. The number of benzene rings is 1. The van der Waals surface area contributed by atoms with Crippen molar-refractivity contribution in [2.75, 3.05) is 26.3 Å². The minimum Gasteiger partial charge on any atom is -0.394 e. The highest BCUT2D eigenvalue weighted by Crippen LogP contribution is 2.11. The molecule has 2 heterocycles. The summed E-state index contributed by atoms with van der Waals surface area (Å²) in [5, 5.41) is 13.8. The van der Waals surface area contributed by atoms with Crippen molar-refractivity contribution in [1.29, 1.82) is 0 Å². The van der Waals surface area contributed by atoms with Crippen molar-refractivity contribution >= 4 is 0 Å². The zero-order chi connectivity index (χ0) is 13.8. The van der Waals surface area contributed by atoms with Crippen LogP contribution in [-0.4, -0.2) is 52.2 Å². The summed E-state index contributed by atoms with van der Waals surface area (Å²) in [6.07, 6.45) is 1.91. The van der Waals surface area contributed by atoms with Gasteiger partial charge in [-0.25, -0.2) is 4.68 Å². The number of hydrogen-bond donors (Lipinski definition) is 1. The van der Waals surface area contributed by atoms with E-state index in [-0.39, 0.29) is 12.7 Å². The lowest BCUT2D eigenvalue weighted by Crippen LogP contribution is -2.43. The number of aliphatic hydroxyl groups is 1. The number of aromatic nitrogens is 2. The Morgan fingerprint density at radius 2 is 2.10 bits per heavy atom. The quantitative estimate of drug-likeness (QED) is 0.905. The molecule has 1 fully saturated rings. The Morgan fingerprint density at radius 1 is 1.25 bits per heavy atom. The fourth-order valence-electron chi connectivity index (χ4n) is 2.43. The summed E-state index contributed by atoms with van der Waals surface area (Å²) in [6, 6.07) is 12.1. The van der Waals surface area contributed by atoms with Crippen molar-refractivity contribution in [3.05, 3.63) is 48.3 Å². The second kappa shape index (κ2) is 6.17. The summed E-state index contributed by atoms with van der Waals surface area (Å²) in [4.78, 5) is 2.27. The first-order chi connectivity index (χ1) is 9.85. The molecule has 0 bridgehead atoms. The predicted molar refractivity (Wildman–Crippen MR) is 75.7 cm³/mol. The molecule has 0 amide bonds. The van der Waals surface area contributed by atoms with Crippen LogP contribution in [0.15, 0.2) is 42.6 Å². The molecule has 0 aliphatic carbocycles. The van der Waals surface area contributed by atoms with Gasteiger partial charge in [0.1, 0.15) is 0 Å². The largest absolute Gasteiger partial charge is 0.394 e. The molecule has 1 unspecified atom stereocenters. The number of ether oxygens (including phenoxy) is 1. The molecule has 1 aromatic heterocycles. The fourth-order valence-corrected chi connectivity index (χ4v) is 2.43. The molecule has 0 saturated carbocycles. The van der Waals surface area contributed by atoms with Crippen LogP contribution in [0, 0.1) is 0 Å². The maximum Gasteiger partial charge on any atom is 0.0933 e. The van der Waals surface area contributed by atoms with E-state index in [1.807, 2.05) is 47.3 Å². The van der Waals surface area contributed by atoms with Crippen LogP contribution in [0.25, 0.3) is 5.69 Å². The van der Waals surface area contributed by atoms with E-state index in [0.717, 1.165) is 31.0 Å². The molecule has 1 aliphatic heterocycles. The van der Waals surface area contributed by atoms with Gasteiger partial charge < -0.3 is 9.84 Å². The van der Waals surface area contributed by atoms with Crippen LogP contribution in [-0.2, 0) is 11.3 Å². The van der Waals surface area contributed by atoms with E-state index < -0.39 is 0 Å². The van der Waals surface area contributed by atoms with Gasteiger partial charge in [-0.05, 0) is 18.2 Å². The van der Waals surface area contributed by atoms with Gasteiger partial charge in [0.25, 0.3) is 0 Å². The van der Waals surface area contributed by atoms with Crippen molar-refractivity contribution in [2.45, 2.75) is 12.6 Å². The van der Waals surface area contributed by atoms with Gasteiger partial charge in [0, 0.05) is 25.8 Å². The topological polar surface area (TPSA) is 50.5 Å². The second-order valence-electron chi connectivity index (χ2n) is 5.00. The zero-order valence-corrected chi connectivity index (χ0v) is 11.4. The predicted octanol–water partition coefficient (Wildman–Crippen LogP) is 1.07. The Balaban J connectivity index is 1.65. The van der Waals surface area contributed by atoms with Crippen LogP contribution in [0.1, 0.15) is 5.69 Å². The summed E-state index contributed by atoms with van der Waals surface area (Å²) >= 11 is 0. The number of para-hydroxylation sites is 1. The number of aliphatic hydroxyl groups excluding tert-OH is 1. The summed E-state index contributed by atoms with van der Waals surface area (Å²) in [5.74, 6) is 0. The molecule has 1 aromatic carbocycles. The molecule has 1 N–H and O–H groups in total. The number of nitrogens with zero attached hydrogens (tertiary/aromatic N) is 3. The Labute approximate surface area is 118 Å². The molecule has 0 spiro atoms. The van der Waals surface area contributed by atoms with Gasteiger partial charge in [0.2, 0.25) is 0 Å². The lowest BCUT2D eigenvalue weighted by Gasteiger charge is -2.31. The first kappa shape index (κ1) is 13.3. The van der Waals surface area contributed by atoms with Gasteiger partial charge in [-0.3, -0.25) is 4.90 Å². The summed E-state index contributed by atoms with van der Waals surface area (Å²) in [6.45, 7) is 3.18. The van der Waals surface area contributed by atoms with E-state index in [1.165, 1.54) is 0 Å². The zero-order valence-electron chi connectivity index (χ0n) is 11.4. The average Bonchev–Trinajstić information content (AvgIpc) is 2.97. The Kier molecular flexibility index (Phi) is 4.11. The van der Waals surface area contributed by atoms with E-state index >= 15 is 0 Å². The van der Waals surface area contributed by atoms with E-state index in [4.69, 9.17) is 9.84 Å². The summed E-state index contributed by atoms with van der Waals surface area (Å²) in [5.41, 5.74) is 2.10. The van der Waals surface area contributed by atoms with Gasteiger partial charge in [-0.15, -0.1) is 0 Å². The van der Waals surface area contributed by atoms with Crippen molar-refractivity contribution < 1.29 is 9.84 Å². The minimum atomic E-state index is -0.0695. The van der Waals surface area contributed by atoms with Crippen LogP contribution in [0.5, 0.6) is 0 Å². The Morgan fingerprint density at radius 3 is 2.90 bits per heavy atom. The number of hydrogen-bond acceptors (Lipinski definition) is 4. The highest BCUT2D eigenvalue weighted by atomic mass is 16.5. The molecule has 1 saturated heterocycles. The third-order valence-corrected chi connectivity index (χ3v) is 3.48. The van der Waals surface area contributed by atoms with E-state index in [1.54, 1.807) is 0 Å². The molecular formula is C15H19N3O2. The van der Waals surface area contributed by atoms with E-state index in [0.29, 0.717) is 6.61 Å². The molecule has 2 aromatic rings. The highest BCUT2D eigenvalue weighted by molar-refractivity contribution is 5.30. The average molecular weight is 273 g/mol.